The number of rotatable bonds is 1. The Hall–Kier alpha value is 0.410. The van der Waals surface area contributed by atoms with Crippen LogP contribution in [0.15, 0.2) is 17.3 Å². The van der Waals surface area contributed by atoms with E-state index in [4.69, 9.17) is 22.3 Å². The van der Waals surface area contributed by atoms with Gasteiger partial charge in [-0.3, -0.25) is 4.98 Å². The second-order valence-corrected chi connectivity index (χ2v) is 5.94. The van der Waals surface area contributed by atoms with Gasteiger partial charge >= 0.3 is 0 Å². The van der Waals surface area contributed by atoms with Crippen molar-refractivity contribution in [1.82, 2.24) is 4.98 Å². The van der Waals surface area contributed by atoms with Gasteiger partial charge in [-0.25, -0.2) is 8.42 Å². The number of halogens is 3. The third-order valence-electron chi connectivity index (χ3n) is 1.05. The van der Waals surface area contributed by atoms with E-state index < -0.39 is 9.05 Å². The van der Waals surface area contributed by atoms with Crippen molar-refractivity contribution in [2.45, 2.75) is 4.90 Å². The highest BCUT2D eigenvalue weighted by Gasteiger charge is 2.18. The molecule has 0 radical (unpaired) electrons. The van der Waals surface area contributed by atoms with Crippen LogP contribution in [0.5, 0.6) is 0 Å². The van der Waals surface area contributed by atoms with Gasteiger partial charge in [0, 0.05) is 23.1 Å². The van der Waals surface area contributed by atoms with E-state index in [2.05, 4.69) is 4.98 Å². The number of nitrogens with zero attached hydrogens (tertiary/aromatic N) is 1. The molecule has 0 aliphatic heterocycles. The minimum Gasteiger partial charge on any atom is -0.262 e. The van der Waals surface area contributed by atoms with Crippen LogP contribution in [0.25, 0.3) is 0 Å². The van der Waals surface area contributed by atoms with Crippen LogP contribution < -0.4 is 0 Å². The smallest absolute Gasteiger partial charge is 0.262 e. The summed E-state index contributed by atoms with van der Waals surface area (Å²) in [5, 5.41) is 0.0388. The normalized spacial score (nSPS) is 11.6. The molecule has 3 nitrogen and oxygen atoms in total. The summed E-state index contributed by atoms with van der Waals surface area (Å²) >= 11 is 7.38. The molecule has 0 unspecified atom stereocenters. The maximum atomic E-state index is 10.9. The predicted octanol–water partition coefficient (Wildman–Crippen LogP) is 2.27. The van der Waals surface area contributed by atoms with E-state index in [0.29, 0.717) is 3.57 Å². The average Bonchev–Trinajstić information content (AvgIpc) is 1.82. The molecular weight excluding hydrogens is 336 g/mol. The lowest BCUT2D eigenvalue weighted by Crippen LogP contribution is -1.96. The number of hydrogen-bond donors (Lipinski definition) is 0. The van der Waals surface area contributed by atoms with Crippen molar-refractivity contribution in [3.8, 4) is 0 Å². The summed E-state index contributed by atoms with van der Waals surface area (Å²) in [5.41, 5.74) is 0. The molecule has 0 aromatic carbocycles. The molecule has 12 heavy (non-hydrogen) atoms. The molecule has 0 N–H and O–H groups in total. The van der Waals surface area contributed by atoms with Crippen LogP contribution >= 0.6 is 44.9 Å². The molecule has 0 amide bonds. The first-order chi connectivity index (χ1) is 5.43. The Bertz CT molecular complexity index is 386. The number of aromatic nitrogens is 1. The molecule has 0 fully saturated rings. The molecule has 0 bridgehead atoms. The van der Waals surface area contributed by atoms with Crippen LogP contribution in [-0.2, 0) is 9.05 Å². The molecule has 0 saturated heterocycles. The van der Waals surface area contributed by atoms with Gasteiger partial charge in [0.1, 0.15) is 4.90 Å². The van der Waals surface area contributed by atoms with Crippen molar-refractivity contribution in [3.63, 3.8) is 0 Å². The van der Waals surface area contributed by atoms with Gasteiger partial charge in [-0.05, 0) is 22.6 Å². The van der Waals surface area contributed by atoms with E-state index >= 15 is 0 Å². The molecule has 0 atom stereocenters. The van der Waals surface area contributed by atoms with Crippen molar-refractivity contribution in [2.75, 3.05) is 0 Å². The van der Waals surface area contributed by atoms with Crippen molar-refractivity contribution in [3.05, 3.63) is 21.0 Å². The third kappa shape index (κ3) is 2.21. The molecule has 66 valence electrons. The zero-order valence-electron chi connectivity index (χ0n) is 5.46. The first kappa shape index (κ1) is 10.5. The second kappa shape index (κ2) is 3.65. The number of hydrogen-bond acceptors (Lipinski definition) is 3. The van der Waals surface area contributed by atoms with Gasteiger partial charge in [0.2, 0.25) is 0 Å². The van der Waals surface area contributed by atoms with Crippen LogP contribution in [-0.4, -0.2) is 13.4 Å². The Morgan fingerprint density at radius 2 is 2.00 bits per heavy atom. The van der Waals surface area contributed by atoms with Gasteiger partial charge in [0.05, 0.1) is 8.59 Å². The van der Waals surface area contributed by atoms with Gasteiger partial charge in [0.15, 0.2) is 0 Å². The van der Waals surface area contributed by atoms with Gasteiger partial charge in [0.25, 0.3) is 9.05 Å². The highest BCUT2D eigenvalue weighted by Crippen LogP contribution is 2.27. The molecule has 1 rings (SSSR count). The maximum Gasteiger partial charge on any atom is 0.263 e. The van der Waals surface area contributed by atoms with Crippen molar-refractivity contribution >= 4 is 53.9 Å². The van der Waals surface area contributed by atoms with Crippen molar-refractivity contribution < 1.29 is 8.42 Å². The fraction of sp³-hybridized carbons (Fsp3) is 0. The molecule has 0 saturated carbocycles. The third-order valence-corrected chi connectivity index (χ3v) is 4.03. The van der Waals surface area contributed by atoms with E-state index in [1.54, 1.807) is 22.6 Å². The fourth-order valence-corrected chi connectivity index (χ4v) is 4.15. The van der Waals surface area contributed by atoms with E-state index in [1.165, 1.54) is 12.4 Å². The van der Waals surface area contributed by atoms with Gasteiger partial charge in [-0.1, -0.05) is 11.6 Å². The Morgan fingerprint density at radius 3 is 2.33 bits per heavy atom. The fourth-order valence-electron chi connectivity index (χ4n) is 0.632. The number of pyridine rings is 1. The van der Waals surface area contributed by atoms with E-state index in [0.717, 1.165) is 0 Å². The topological polar surface area (TPSA) is 47.0 Å². The van der Waals surface area contributed by atoms with Crippen LogP contribution in [0.1, 0.15) is 0 Å². The Labute approximate surface area is 92.6 Å². The van der Waals surface area contributed by atoms with Gasteiger partial charge in [-0.2, -0.15) is 0 Å². The highest BCUT2D eigenvalue weighted by molar-refractivity contribution is 14.1. The molecule has 7 heteroatoms. The minimum atomic E-state index is -3.77. The lowest BCUT2D eigenvalue weighted by atomic mass is 10.5. The Balaban J connectivity index is 3.53. The monoisotopic (exact) mass is 337 g/mol. The van der Waals surface area contributed by atoms with Crippen molar-refractivity contribution in [1.29, 1.82) is 0 Å². The van der Waals surface area contributed by atoms with Crippen LogP contribution in [0, 0.1) is 3.57 Å². The van der Waals surface area contributed by atoms with E-state index in [-0.39, 0.29) is 9.92 Å². The quantitative estimate of drug-likeness (QED) is 0.583. The summed E-state index contributed by atoms with van der Waals surface area (Å²) in [4.78, 5) is 3.61. The molecule has 1 aromatic heterocycles. The molecule has 1 heterocycles. The maximum absolute atomic E-state index is 10.9. The van der Waals surface area contributed by atoms with Crippen molar-refractivity contribution in [2.24, 2.45) is 0 Å². The zero-order chi connectivity index (χ0) is 9.35. The van der Waals surface area contributed by atoms with Crippen LogP contribution in [0.2, 0.25) is 5.02 Å². The summed E-state index contributed by atoms with van der Waals surface area (Å²) in [5.74, 6) is 0. The Morgan fingerprint density at radius 1 is 1.42 bits per heavy atom. The Kier molecular flexibility index (Phi) is 3.19. The summed E-state index contributed by atoms with van der Waals surface area (Å²) in [6.07, 6.45) is 2.61. The summed E-state index contributed by atoms with van der Waals surface area (Å²) in [6.45, 7) is 0. The molecular formula is C5H2Cl2INO2S. The summed E-state index contributed by atoms with van der Waals surface area (Å²) in [7, 11) is 1.35. The molecule has 0 aliphatic carbocycles. The molecule has 1 aromatic rings. The van der Waals surface area contributed by atoms with E-state index in [9.17, 15) is 8.42 Å². The standard InChI is InChI=1S/C5H2Cl2INO2S/c6-3-1-9-2-4(8)5(3)12(7,10)11/h1-2H. The van der Waals surface area contributed by atoms with Gasteiger partial charge in [-0.15, -0.1) is 0 Å². The summed E-state index contributed by atoms with van der Waals surface area (Å²) in [6, 6.07) is 0. The van der Waals surface area contributed by atoms with Crippen LogP contribution in [0.4, 0.5) is 0 Å². The van der Waals surface area contributed by atoms with Crippen LogP contribution in [0.3, 0.4) is 0 Å². The SMILES string of the molecule is O=S(=O)(Cl)c1c(Cl)cncc1I. The lowest BCUT2D eigenvalue weighted by Gasteiger charge is -2.00. The summed E-state index contributed by atoms with van der Waals surface area (Å²) < 4.78 is 22.3. The predicted molar refractivity (Wildman–Crippen MR) is 55.0 cm³/mol. The van der Waals surface area contributed by atoms with Gasteiger partial charge < -0.3 is 0 Å². The first-order valence-corrected chi connectivity index (χ1v) is 6.43. The minimum absolute atomic E-state index is 0.0388. The largest absolute Gasteiger partial charge is 0.263 e. The second-order valence-electron chi connectivity index (χ2n) is 1.87. The zero-order valence-corrected chi connectivity index (χ0v) is 9.95. The highest BCUT2D eigenvalue weighted by atomic mass is 127. The average molecular weight is 338 g/mol. The molecule has 0 spiro atoms. The van der Waals surface area contributed by atoms with E-state index in [1.807, 2.05) is 0 Å². The first-order valence-electron chi connectivity index (χ1n) is 2.66. The molecule has 0 aliphatic rings. The lowest BCUT2D eigenvalue weighted by molar-refractivity contribution is 0.609.